The van der Waals surface area contributed by atoms with Crippen molar-refractivity contribution < 1.29 is 14.6 Å². The molecule has 1 saturated carbocycles. The summed E-state index contributed by atoms with van der Waals surface area (Å²) < 4.78 is 5.93. The molecule has 4 nitrogen and oxygen atoms in total. The number of ether oxygens (including phenoxy) is 1. The smallest absolute Gasteiger partial charge is 0.304 e. The fourth-order valence-electron chi connectivity index (χ4n) is 3.57. The first kappa shape index (κ1) is 19.8. The fraction of sp³-hybridized carbons (Fsp3) is 0.667. The second-order valence-electron chi connectivity index (χ2n) is 7.14. The average Bonchev–Trinajstić information content (AvgIpc) is 2.63. The molecule has 0 amide bonds. The summed E-state index contributed by atoms with van der Waals surface area (Å²) in [6.07, 6.45) is 11.7. The largest absolute Gasteiger partial charge is 0.494 e. The van der Waals surface area contributed by atoms with Crippen LogP contribution in [-0.4, -0.2) is 30.8 Å². The SMILES string of the molecule is O=C(O)CCNCCCc1cccc(OCCCC2CCCCC2)c1. The van der Waals surface area contributed by atoms with Gasteiger partial charge in [-0.3, -0.25) is 4.79 Å². The number of carboxylic acid groups (broad SMARTS) is 1. The van der Waals surface area contributed by atoms with Gasteiger partial charge < -0.3 is 15.2 Å². The molecule has 0 unspecified atom stereocenters. The highest BCUT2D eigenvalue weighted by Crippen LogP contribution is 2.27. The van der Waals surface area contributed by atoms with E-state index in [0.717, 1.165) is 44.1 Å². The molecular weight excluding hydrogens is 314 g/mol. The number of nitrogens with one attached hydrogen (secondary N) is 1. The van der Waals surface area contributed by atoms with Crippen LogP contribution in [0, 0.1) is 5.92 Å². The summed E-state index contributed by atoms with van der Waals surface area (Å²) >= 11 is 0. The summed E-state index contributed by atoms with van der Waals surface area (Å²) in [5, 5.41) is 11.7. The highest BCUT2D eigenvalue weighted by molar-refractivity contribution is 5.66. The van der Waals surface area contributed by atoms with Crippen LogP contribution in [0.3, 0.4) is 0 Å². The predicted octanol–water partition coefficient (Wildman–Crippen LogP) is 4.42. The first-order chi connectivity index (χ1) is 12.2. The lowest BCUT2D eigenvalue weighted by Crippen LogP contribution is -2.19. The molecule has 0 saturated heterocycles. The van der Waals surface area contributed by atoms with E-state index in [2.05, 4.69) is 23.5 Å². The molecule has 0 aliphatic heterocycles. The van der Waals surface area contributed by atoms with Gasteiger partial charge in [0.15, 0.2) is 0 Å². The quantitative estimate of drug-likeness (QED) is 0.549. The molecule has 1 fully saturated rings. The van der Waals surface area contributed by atoms with Gasteiger partial charge in [-0.1, -0.05) is 44.2 Å². The Kier molecular flexibility index (Phi) is 9.42. The highest BCUT2D eigenvalue weighted by Gasteiger charge is 2.12. The molecule has 140 valence electrons. The molecule has 2 N–H and O–H groups in total. The number of aryl methyl sites for hydroxylation is 1. The Morgan fingerprint density at radius 1 is 1.16 bits per heavy atom. The van der Waals surface area contributed by atoms with Crippen molar-refractivity contribution in [2.24, 2.45) is 5.92 Å². The van der Waals surface area contributed by atoms with Crippen molar-refractivity contribution >= 4 is 5.97 Å². The number of rotatable bonds is 12. The second kappa shape index (κ2) is 11.9. The van der Waals surface area contributed by atoms with Crippen molar-refractivity contribution in [1.82, 2.24) is 5.32 Å². The summed E-state index contributed by atoms with van der Waals surface area (Å²) in [5.74, 6) is 1.15. The van der Waals surface area contributed by atoms with E-state index < -0.39 is 5.97 Å². The summed E-state index contributed by atoms with van der Waals surface area (Å²) in [4.78, 5) is 10.4. The molecule has 4 heteroatoms. The minimum Gasteiger partial charge on any atom is -0.494 e. The second-order valence-corrected chi connectivity index (χ2v) is 7.14. The molecule has 25 heavy (non-hydrogen) atoms. The number of aliphatic carboxylic acids is 1. The van der Waals surface area contributed by atoms with E-state index in [1.165, 1.54) is 44.1 Å². The third-order valence-electron chi connectivity index (χ3n) is 4.98. The topological polar surface area (TPSA) is 58.6 Å². The van der Waals surface area contributed by atoms with Gasteiger partial charge in [0, 0.05) is 6.54 Å². The first-order valence-electron chi connectivity index (χ1n) is 9.88. The lowest BCUT2D eigenvalue weighted by Gasteiger charge is -2.21. The van der Waals surface area contributed by atoms with E-state index in [-0.39, 0.29) is 6.42 Å². The van der Waals surface area contributed by atoms with Gasteiger partial charge in [0.1, 0.15) is 5.75 Å². The van der Waals surface area contributed by atoms with Gasteiger partial charge in [0.05, 0.1) is 13.0 Å². The molecule has 0 atom stereocenters. The van der Waals surface area contributed by atoms with Gasteiger partial charge in [0.25, 0.3) is 0 Å². The standard InChI is InChI=1S/C21H33NO3/c23-21(24)13-15-22-14-5-10-19-9-4-12-20(17-19)25-16-6-11-18-7-2-1-3-8-18/h4,9,12,17-18,22H,1-3,5-8,10-11,13-16H2,(H,23,24). The molecule has 0 spiro atoms. The van der Waals surface area contributed by atoms with Crippen LogP contribution in [-0.2, 0) is 11.2 Å². The summed E-state index contributed by atoms with van der Waals surface area (Å²) in [6, 6.07) is 8.36. The molecule has 1 aliphatic rings. The van der Waals surface area contributed by atoms with E-state index in [1.807, 2.05) is 6.07 Å². The van der Waals surface area contributed by atoms with Crippen molar-refractivity contribution in [2.45, 2.75) is 64.2 Å². The van der Waals surface area contributed by atoms with Crippen LogP contribution in [0.15, 0.2) is 24.3 Å². The number of benzene rings is 1. The maximum atomic E-state index is 10.4. The van der Waals surface area contributed by atoms with E-state index in [4.69, 9.17) is 9.84 Å². The summed E-state index contributed by atoms with van der Waals surface area (Å²) in [6.45, 7) is 2.20. The van der Waals surface area contributed by atoms with Gasteiger partial charge in [-0.2, -0.15) is 0 Å². The van der Waals surface area contributed by atoms with Gasteiger partial charge in [-0.25, -0.2) is 0 Å². The molecular formula is C21H33NO3. The van der Waals surface area contributed by atoms with Gasteiger partial charge in [-0.05, 0) is 55.8 Å². The Balaban J connectivity index is 1.57. The zero-order chi connectivity index (χ0) is 17.7. The molecule has 1 aliphatic carbocycles. The average molecular weight is 347 g/mol. The Bertz CT molecular complexity index is 498. The van der Waals surface area contributed by atoms with Crippen LogP contribution in [0.5, 0.6) is 5.75 Å². The minimum atomic E-state index is -0.749. The Morgan fingerprint density at radius 3 is 2.80 bits per heavy atom. The monoisotopic (exact) mass is 347 g/mol. The molecule has 0 heterocycles. The van der Waals surface area contributed by atoms with Crippen LogP contribution in [0.25, 0.3) is 0 Å². The minimum absolute atomic E-state index is 0.185. The van der Waals surface area contributed by atoms with Crippen LogP contribution in [0.2, 0.25) is 0 Å². The van der Waals surface area contributed by atoms with Gasteiger partial charge >= 0.3 is 5.97 Å². The summed E-state index contributed by atoms with van der Waals surface area (Å²) in [7, 11) is 0. The number of hydrogen-bond acceptors (Lipinski definition) is 3. The van der Waals surface area contributed by atoms with E-state index in [0.29, 0.717) is 6.54 Å². The zero-order valence-electron chi connectivity index (χ0n) is 15.3. The molecule has 0 aromatic heterocycles. The zero-order valence-corrected chi connectivity index (χ0v) is 15.3. The number of carbonyl (C=O) groups is 1. The van der Waals surface area contributed by atoms with Crippen LogP contribution >= 0.6 is 0 Å². The lowest BCUT2D eigenvalue weighted by molar-refractivity contribution is -0.136. The maximum absolute atomic E-state index is 10.4. The maximum Gasteiger partial charge on any atom is 0.304 e. The van der Waals surface area contributed by atoms with Crippen LogP contribution < -0.4 is 10.1 Å². The fourth-order valence-corrected chi connectivity index (χ4v) is 3.57. The lowest BCUT2D eigenvalue weighted by atomic mass is 9.86. The van der Waals surface area contributed by atoms with E-state index in [1.54, 1.807) is 0 Å². The van der Waals surface area contributed by atoms with E-state index >= 15 is 0 Å². The summed E-state index contributed by atoms with van der Waals surface area (Å²) in [5.41, 5.74) is 1.28. The van der Waals surface area contributed by atoms with Crippen LogP contribution in [0.4, 0.5) is 0 Å². The molecule has 1 aromatic carbocycles. The predicted molar refractivity (Wildman–Crippen MR) is 101 cm³/mol. The Hall–Kier alpha value is -1.55. The molecule has 0 radical (unpaired) electrons. The number of carboxylic acids is 1. The third kappa shape index (κ3) is 8.92. The van der Waals surface area contributed by atoms with Gasteiger partial charge in [0.2, 0.25) is 0 Å². The van der Waals surface area contributed by atoms with Gasteiger partial charge in [-0.15, -0.1) is 0 Å². The van der Waals surface area contributed by atoms with Crippen LogP contribution in [0.1, 0.15) is 63.4 Å². The Morgan fingerprint density at radius 2 is 2.00 bits per heavy atom. The Labute approximate surface area is 152 Å². The van der Waals surface area contributed by atoms with E-state index in [9.17, 15) is 4.79 Å². The first-order valence-corrected chi connectivity index (χ1v) is 9.88. The highest BCUT2D eigenvalue weighted by atomic mass is 16.5. The van der Waals surface area contributed by atoms with Crippen molar-refractivity contribution in [2.75, 3.05) is 19.7 Å². The molecule has 2 rings (SSSR count). The molecule has 1 aromatic rings. The number of hydrogen-bond donors (Lipinski definition) is 2. The molecule has 0 bridgehead atoms. The van der Waals surface area contributed by atoms with Crippen molar-refractivity contribution in [3.8, 4) is 5.75 Å². The van der Waals surface area contributed by atoms with Crippen molar-refractivity contribution in [3.63, 3.8) is 0 Å². The van der Waals surface area contributed by atoms with Crippen molar-refractivity contribution in [3.05, 3.63) is 29.8 Å². The van der Waals surface area contributed by atoms with Crippen molar-refractivity contribution in [1.29, 1.82) is 0 Å². The normalized spacial score (nSPS) is 15.2. The third-order valence-corrected chi connectivity index (χ3v) is 4.98.